The summed E-state index contributed by atoms with van der Waals surface area (Å²) in [5, 5.41) is 0. The van der Waals surface area contributed by atoms with Crippen LogP contribution in [0.4, 0.5) is 0 Å². The van der Waals surface area contributed by atoms with Crippen LogP contribution in [0.5, 0.6) is 11.5 Å². The smallest absolute Gasteiger partial charge is 0.497 e. The van der Waals surface area contributed by atoms with Gasteiger partial charge in [-0.15, -0.1) is 0 Å². The molecule has 0 spiro atoms. The first-order valence-corrected chi connectivity index (χ1v) is 9.26. The molecule has 0 fully saturated rings. The zero-order valence-corrected chi connectivity index (χ0v) is 17.1. The van der Waals surface area contributed by atoms with E-state index in [1.807, 2.05) is 78.9 Å². The molecule has 0 unspecified atom stereocenters. The van der Waals surface area contributed by atoms with E-state index >= 15 is 0 Å². The van der Waals surface area contributed by atoms with Gasteiger partial charge in [-0.3, -0.25) is 0 Å². The van der Waals surface area contributed by atoms with Gasteiger partial charge in [-0.2, -0.15) is 13.9 Å². The van der Waals surface area contributed by atoms with Crippen molar-refractivity contribution in [2.75, 3.05) is 14.2 Å². The average Bonchev–Trinajstić information content (AvgIpc) is 2.77. The van der Waals surface area contributed by atoms with E-state index in [1.165, 1.54) is 0 Å². The third kappa shape index (κ3) is 4.82. The number of hydrogen-bond donors (Lipinski definition) is 0. The minimum atomic E-state index is -0.0868. The Labute approximate surface area is 170 Å². The van der Waals surface area contributed by atoms with Crippen molar-refractivity contribution in [3.8, 4) is 11.5 Å². The predicted molar refractivity (Wildman–Crippen MR) is 117 cm³/mol. The highest BCUT2D eigenvalue weighted by molar-refractivity contribution is 5.71. The van der Waals surface area contributed by atoms with Crippen LogP contribution in [0.3, 0.4) is 0 Å². The highest BCUT2D eigenvalue weighted by Gasteiger charge is 2.12. The number of rotatable bonds is 6. The lowest BCUT2D eigenvalue weighted by Gasteiger charge is -2.03. The van der Waals surface area contributed by atoms with Crippen LogP contribution >= 0.6 is 0 Å². The van der Waals surface area contributed by atoms with Crippen molar-refractivity contribution in [3.63, 3.8) is 0 Å². The van der Waals surface area contributed by atoms with Gasteiger partial charge in [0.05, 0.1) is 28.3 Å². The molecule has 0 saturated carbocycles. The van der Waals surface area contributed by atoms with Gasteiger partial charge in [-0.25, -0.2) is 0 Å². The van der Waals surface area contributed by atoms with E-state index < -0.39 is 0 Å². The zero-order chi connectivity index (χ0) is 20.8. The van der Waals surface area contributed by atoms with Crippen LogP contribution in [0.15, 0.2) is 59.4 Å². The summed E-state index contributed by atoms with van der Waals surface area (Å²) in [6.07, 6.45) is 7.83. The van der Waals surface area contributed by atoms with Gasteiger partial charge in [-0.05, 0) is 47.5 Å². The molecule has 0 bridgehead atoms. The van der Waals surface area contributed by atoms with E-state index in [2.05, 4.69) is 0 Å². The second-order valence-corrected chi connectivity index (χ2v) is 6.61. The van der Waals surface area contributed by atoms with Gasteiger partial charge < -0.3 is 9.47 Å². The number of hydrogen-bond acceptors (Lipinski definition) is 3. The zero-order valence-electron chi connectivity index (χ0n) is 17.1. The first kappa shape index (κ1) is 20.1. The summed E-state index contributed by atoms with van der Waals surface area (Å²) < 4.78 is 13.6. The van der Waals surface area contributed by atoms with Crippen molar-refractivity contribution < 1.29 is 14.0 Å². The molecule has 5 heteroatoms. The minimum Gasteiger partial charge on any atom is -0.497 e. The summed E-state index contributed by atoms with van der Waals surface area (Å²) in [4.78, 5) is 12.6. The molecule has 148 valence electrons. The van der Waals surface area contributed by atoms with E-state index in [1.54, 1.807) is 37.4 Å². The summed E-state index contributed by atoms with van der Waals surface area (Å²) in [6.45, 7) is 0. The molecule has 2 aromatic carbocycles. The summed E-state index contributed by atoms with van der Waals surface area (Å²) in [5.74, 6) is 1.62. The SMILES string of the molecule is COc1ccc(/C=C/c2cc(/C=C/c3ccc(OC)cc3)[n+](C)c(=O)n2C)cc1. The fourth-order valence-corrected chi connectivity index (χ4v) is 2.90. The minimum absolute atomic E-state index is 0.0868. The van der Waals surface area contributed by atoms with Crippen molar-refractivity contribution >= 4 is 24.3 Å². The second kappa shape index (κ2) is 9.06. The number of aromatic nitrogens is 2. The highest BCUT2D eigenvalue weighted by Crippen LogP contribution is 2.15. The Morgan fingerprint density at radius 3 is 1.76 bits per heavy atom. The molecule has 0 aliphatic rings. The van der Waals surface area contributed by atoms with Crippen LogP contribution in [-0.2, 0) is 14.1 Å². The van der Waals surface area contributed by atoms with Gasteiger partial charge in [0, 0.05) is 6.07 Å². The Morgan fingerprint density at radius 1 is 0.793 bits per heavy atom. The Morgan fingerprint density at radius 2 is 1.28 bits per heavy atom. The Hall–Kier alpha value is -3.60. The molecule has 29 heavy (non-hydrogen) atoms. The van der Waals surface area contributed by atoms with E-state index in [0.717, 1.165) is 34.0 Å². The molecule has 0 aliphatic carbocycles. The summed E-state index contributed by atoms with van der Waals surface area (Å²) in [6, 6.07) is 17.5. The molecule has 1 heterocycles. The second-order valence-electron chi connectivity index (χ2n) is 6.61. The molecular formula is C24H25N2O3+. The van der Waals surface area contributed by atoms with Crippen LogP contribution in [-0.4, -0.2) is 18.8 Å². The standard InChI is InChI=1S/C24H25N2O3/c1-25-20(11-5-18-7-13-22(28-3)14-8-18)17-21(26(2)24(25)27)12-6-19-9-15-23(29-4)16-10-19/h5-17H,1-4H3/q+1/b11-5+,12-6+. The van der Waals surface area contributed by atoms with Gasteiger partial charge in [0.15, 0.2) is 0 Å². The van der Waals surface area contributed by atoms with Gasteiger partial charge in [0.25, 0.3) is 0 Å². The van der Waals surface area contributed by atoms with Gasteiger partial charge in [-0.1, -0.05) is 36.4 Å². The van der Waals surface area contributed by atoms with Crippen LogP contribution in [0.25, 0.3) is 24.3 Å². The Bertz CT molecular complexity index is 1010. The summed E-state index contributed by atoms with van der Waals surface area (Å²) >= 11 is 0. The predicted octanol–water partition coefficient (Wildman–Crippen LogP) is 3.57. The Kier molecular flexibility index (Phi) is 6.29. The number of ether oxygens (including phenoxy) is 2. The molecule has 0 saturated heterocycles. The molecule has 0 amide bonds. The lowest BCUT2D eigenvalue weighted by Crippen LogP contribution is -2.53. The van der Waals surface area contributed by atoms with E-state index in [-0.39, 0.29) is 5.69 Å². The number of nitrogens with zero attached hydrogens (tertiary/aromatic N) is 2. The fourth-order valence-electron chi connectivity index (χ4n) is 2.90. The average molecular weight is 389 g/mol. The van der Waals surface area contributed by atoms with E-state index in [9.17, 15) is 4.79 Å². The van der Waals surface area contributed by atoms with Crippen molar-refractivity contribution in [2.45, 2.75) is 0 Å². The molecule has 1 aromatic heterocycles. The molecule has 5 nitrogen and oxygen atoms in total. The first-order valence-electron chi connectivity index (χ1n) is 9.26. The van der Waals surface area contributed by atoms with Crippen LogP contribution in [0, 0.1) is 0 Å². The summed E-state index contributed by atoms with van der Waals surface area (Å²) in [7, 11) is 6.83. The van der Waals surface area contributed by atoms with Crippen molar-refractivity contribution in [1.82, 2.24) is 4.57 Å². The fraction of sp³-hybridized carbons (Fsp3) is 0.167. The maximum absolute atomic E-state index is 12.6. The number of benzene rings is 2. The highest BCUT2D eigenvalue weighted by atomic mass is 16.5. The third-order valence-electron chi connectivity index (χ3n) is 4.77. The van der Waals surface area contributed by atoms with Crippen LogP contribution in [0.2, 0.25) is 0 Å². The first-order chi connectivity index (χ1) is 14.0. The molecular weight excluding hydrogens is 364 g/mol. The molecule has 3 aromatic rings. The van der Waals surface area contributed by atoms with E-state index in [0.29, 0.717) is 0 Å². The largest absolute Gasteiger partial charge is 0.498 e. The van der Waals surface area contributed by atoms with Crippen LogP contribution < -0.4 is 19.7 Å². The van der Waals surface area contributed by atoms with Crippen molar-refractivity contribution in [2.24, 2.45) is 14.1 Å². The van der Waals surface area contributed by atoms with Crippen molar-refractivity contribution in [1.29, 1.82) is 0 Å². The lowest BCUT2D eigenvalue weighted by molar-refractivity contribution is -0.692. The maximum Gasteiger partial charge on any atom is 0.498 e. The third-order valence-corrected chi connectivity index (χ3v) is 4.77. The number of methoxy groups -OCH3 is 2. The van der Waals surface area contributed by atoms with Crippen molar-refractivity contribution in [3.05, 3.63) is 87.6 Å². The lowest BCUT2D eigenvalue weighted by atomic mass is 10.1. The molecule has 0 radical (unpaired) electrons. The van der Waals surface area contributed by atoms with Gasteiger partial charge in [0.1, 0.15) is 22.9 Å². The maximum atomic E-state index is 12.6. The molecule has 0 atom stereocenters. The molecule has 0 aliphatic heterocycles. The van der Waals surface area contributed by atoms with Gasteiger partial charge in [0.2, 0.25) is 0 Å². The summed E-state index contributed by atoms with van der Waals surface area (Å²) in [5.41, 5.74) is 3.61. The topological polar surface area (TPSA) is 44.3 Å². The molecule has 3 rings (SSSR count). The molecule has 0 N–H and O–H groups in total. The Balaban J connectivity index is 1.90. The van der Waals surface area contributed by atoms with Gasteiger partial charge >= 0.3 is 5.69 Å². The quantitative estimate of drug-likeness (QED) is 0.606. The van der Waals surface area contributed by atoms with Crippen LogP contribution in [0.1, 0.15) is 22.5 Å². The van der Waals surface area contributed by atoms with E-state index in [4.69, 9.17) is 9.47 Å². The monoisotopic (exact) mass is 389 g/mol. The normalized spacial score (nSPS) is 11.3.